The summed E-state index contributed by atoms with van der Waals surface area (Å²) in [5.41, 5.74) is 19.2. The first kappa shape index (κ1) is 43.3. The predicted octanol–water partition coefficient (Wildman–Crippen LogP) is 14.0. The summed E-state index contributed by atoms with van der Waals surface area (Å²) in [6.07, 6.45) is 16.9. The monoisotopic (exact) mass is 792 g/mol. The summed E-state index contributed by atoms with van der Waals surface area (Å²) in [5, 5.41) is 6.39. The third kappa shape index (κ3) is 9.63. The van der Waals surface area contributed by atoms with E-state index in [2.05, 4.69) is 192 Å². The van der Waals surface area contributed by atoms with Gasteiger partial charge in [-0.2, -0.15) is 0 Å². The lowest BCUT2D eigenvalue weighted by Crippen LogP contribution is -2.16. The molecular weight excluding hydrogens is 737 g/mol. The molecule has 5 aromatic carbocycles. The standard InChI is InChI=1S/C49H41N.C10H15N/c1-9-10-11-33(3)50-34(4)39-23-27-43-42-26-22-38(30-46(42)49(7,8)47(43)31-39)20-18-36-15-13-35(14-16-36)17-19-37-21-25-41-40-24-12-32(2)28-44(40)48(5,6)45(41)29-37;1-4-7-10(8-5-2)11-9-6-3/h9-16,21-31,50H,1,3-4H2,2,5-8H3;4-9,11H,1H2,2-3H3/b11-10-;8-5-,9-6+,10-7+. The van der Waals surface area contributed by atoms with E-state index in [1.165, 1.54) is 50.1 Å². The van der Waals surface area contributed by atoms with Crippen LogP contribution < -0.4 is 10.6 Å². The number of hydrogen-bond acceptors (Lipinski definition) is 2. The maximum absolute atomic E-state index is 4.26. The zero-order chi connectivity index (χ0) is 43.7. The topological polar surface area (TPSA) is 24.1 Å². The van der Waals surface area contributed by atoms with Crippen molar-refractivity contribution in [1.29, 1.82) is 0 Å². The van der Waals surface area contributed by atoms with Crippen molar-refractivity contribution in [3.8, 4) is 45.9 Å². The van der Waals surface area contributed by atoms with Gasteiger partial charge in [-0.25, -0.2) is 0 Å². The van der Waals surface area contributed by atoms with Crippen molar-refractivity contribution < 1.29 is 0 Å². The van der Waals surface area contributed by atoms with Crippen molar-refractivity contribution in [2.75, 3.05) is 0 Å². The third-order valence-electron chi connectivity index (χ3n) is 11.2. The molecule has 302 valence electrons. The average Bonchev–Trinajstić information content (AvgIpc) is 3.61. The Morgan fingerprint density at radius 2 is 1.03 bits per heavy atom. The lowest BCUT2D eigenvalue weighted by Gasteiger charge is -2.22. The van der Waals surface area contributed by atoms with Crippen molar-refractivity contribution in [2.45, 2.75) is 59.3 Å². The lowest BCUT2D eigenvalue weighted by atomic mass is 9.81. The van der Waals surface area contributed by atoms with Crippen molar-refractivity contribution in [3.05, 3.63) is 245 Å². The fourth-order valence-electron chi connectivity index (χ4n) is 7.99. The van der Waals surface area contributed by atoms with Crippen molar-refractivity contribution in [2.24, 2.45) is 0 Å². The van der Waals surface area contributed by atoms with E-state index in [1.807, 2.05) is 56.5 Å². The van der Waals surface area contributed by atoms with Crippen LogP contribution in [0.2, 0.25) is 0 Å². The van der Waals surface area contributed by atoms with Gasteiger partial charge in [-0.15, -0.1) is 0 Å². The maximum Gasteiger partial charge on any atom is 0.0384 e. The Hall–Kier alpha value is -7.26. The van der Waals surface area contributed by atoms with Crippen LogP contribution in [-0.2, 0) is 10.8 Å². The lowest BCUT2D eigenvalue weighted by molar-refractivity contribution is 0.659. The molecule has 2 aliphatic rings. The van der Waals surface area contributed by atoms with Gasteiger partial charge in [0.15, 0.2) is 0 Å². The Labute approximate surface area is 365 Å². The summed E-state index contributed by atoms with van der Waals surface area (Å²) >= 11 is 0. The van der Waals surface area contributed by atoms with Crippen LogP contribution in [0.15, 0.2) is 190 Å². The second kappa shape index (κ2) is 18.8. The first-order valence-corrected chi connectivity index (χ1v) is 20.8. The second-order valence-electron chi connectivity index (χ2n) is 16.4. The van der Waals surface area contributed by atoms with Crippen molar-refractivity contribution >= 4 is 5.70 Å². The summed E-state index contributed by atoms with van der Waals surface area (Å²) in [6, 6.07) is 34.8. The van der Waals surface area contributed by atoms with E-state index in [4.69, 9.17) is 0 Å². The number of hydrogen-bond donors (Lipinski definition) is 2. The molecule has 5 aromatic rings. The highest BCUT2D eigenvalue weighted by Crippen LogP contribution is 2.50. The molecule has 2 nitrogen and oxygen atoms in total. The Bertz CT molecular complexity index is 2790. The molecule has 2 aliphatic carbocycles. The molecule has 0 unspecified atom stereocenters. The van der Waals surface area contributed by atoms with E-state index >= 15 is 0 Å². The molecule has 0 saturated carbocycles. The van der Waals surface area contributed by atoms with Gasteiger partial charge in [-0.3, -0.25) is 0 Å². The maximum atomic E-state index is 4.26. The molecule has 0 radical (unpaired) electrons. The molecule has 0 heterocycles. The number of benzene rings is 5. The Morgan fingerprint density at radius 3 is 1.54 bits per heavy atom. The highest BCUT2D eigenvalue weighted by atomic mass is 14.9. The van der Waals surface area contributed by atoms with Crippen LogP contribution in [0, 0.1) is 30.6 Å². The van der Waals surface area contributed by atoms with Crippen LogP contribution in [0.25, 0.3) is 28.0 Å². The highest BCUT2D eigenvalue weighted by Gasteiger charge is 2.36. The fourth-order valence-corrected chi connectivity index (χ4v) is 7.99. The number of allylic oxidation sites excluding steroid dienone is 8. The number of rotatable bonds is 9. The fraction of sp³-hybridized carbons (Fsp3) is 0.153. The molecule has 0 atom stereocenters. The van der Waals surface area contributed by atoms with E-state index in [1.54, 1.807) is 12.2 Å². The van der Waals surface area contributed by atoms with E-state index in [0.29, 0.717) is 0 Å². The minimum absolute atomic E-state index is 0.0382. The van der Waals surface area contributed by atoms with Gasteiger partial charge >= 0.3 is 0 Å². The smallest absolute Gasteiger partial charge is 0.0384 e. The largest absolute Gasteiger partial charge is 0.362 e. The van der Waals surface area contributed by atoms with E-state index in [9.17, 15) is 0 Å². The number of aryl methyl sites for hydroxylation is 1. The van der Waals surface area contributed by atoms with Crippen LogP contribution >= 0.6 is 0 Å². The average molecular weight is 793 g/mol. The highest BCUT2D eigenvalue weighted by molar-refractivity contribution is 5.84. The molecular formula is C59H56N2. The first-order valence-electron chi connectivity index (χ1n) is 20.8. The van der Waals surface area contributed by atoms with Crippen LogP contribution in [0.3, 0.4) is 0 Å². The second-order valence-corrected chi connectivity index (χ2v) is 16.4. The zero-order valence-corrected chi connectivity index (χ0v) is 36.8. The van der Waals surface area contributed by atoms with Crippen LogP contribution in [-0.4, -0.2) is 0 Å². The molecule has 2 N–H and O–H groups in total. The molecule has 0 bridgehead atoms. The van der Waals surface area contributed by atoms with Crippen molar-refractivity contribution in [1.82, 2.24) is 10.6 Å². The Morgan fingerprint density at radius 1 is 0.557 bits per heavy atom. The predicted molar refractivity (Wildman–Crippen MR) is 263 cm³/mol. The summed E-state index contributed by atoms with van der Waals surface area (Å²) in [4.78, 5) is 0. The summed E-state index contributed by atoms with van der Waals surface area (Å²) in [6.45, 7) is 31.0. The first-order chi connectivity index (χ1) is 29.3. The number of fused-ring (bicyclic) bond motifs is 6. The normalized spacial score (nSPS) is 13.7. The summed E-state index contributed by atoms with van der Waals surface area (Å²) in [7, 11) is 0. The zero-order valence-electron chi connectivity index (χ0n) is 36.8. The minimum Gasteiger partial charge on any atom is -0.362 e. The third-order valence-corrected chi connectivity index (χ3v) is 11.2. The van der Waals surface area contributed by atoms with Gasteiger partial charge in [-0.1, -0.05) is 156 Å². The van der Waals surface area contributed by atoms with Gasteiger partial charge in [0.2, 0.25) is 0 Å². The molecule has 0 fully saturated rings. The molecule has 0 aliphatic heterocycles. The van der Waals surface area contributed by atoms with Gasteiger partial charge in [0.1, 0.15) is 0 Å². The molecule has 0 aromatic heterocycles. The van der Waals surface area contributed by atoms with Gasteiger partial charge in [0.25, 0.3) is 0 Å². The van der Waals surface area contributed by atoms with Gasteiger partial charge in [-0.05, 0) is 150 Å². The molecule has 2 heteroatoms. The van der Waals surface area contributed by atoms with Crippen LogP contribution in [0.5, 0.6) is 0 Å². The minimum atomic E-state index is -0.170. The molecule has 7 rings (SSSR count). The molecule has 0 saturated heterocycles. The van der Waals surface area contributed by atoms with Gasteiger partial charge in [0.05, 0.1) is 0 Å². The van der Waals surface area contributed by atoms with E-state index in [0.717, 1.165) is 44.9 Å². The van der Waals surface area contributed by atoms with Gasteiger partial charge in [0, 0.05) is 50.2 Å². The van der Waals surface area contributed by atoms with Crippen molar-refractivity contribution in [3.63, 3.8) is 0 Å². The quantitative estimate of drug-likeness (QED) is 0.115. The SMILES string of the molecule is C=C/C=C(\C=C/C)N/C=C/C.C=C/C=C\C(=C)NC(=C)c1ccc2c(c1)C(C)(C)c1cc(C#Cc3ccc(C#Cc4ccc5c(c4)C(C)(C)c4cc(C)ccc4-5)cc3)ccc1-2. The molecule has 0 spiro atoms. The van der Waals surface area contributed by atoms with Crippen LogP contribution in [0.1, 0.15) is 97.2 Å². The molecule has 61 heavy (non-hydrogen) atoms. The Kier molecular flexibility index (Phi) is 13.3. The number of nitrogens with one attached hydrogen (secondary N) is 2. The molecule has 0 amide bonds. The van der Waals surface area contributed by atoms with Gasteiger partial charge < -0.3 is 10.6 Å². The summed E-state index contributed by atoms with van der Waals surface area (Å²) < 4.78 is 0. The van der Waals surface area contributed by atoms with Crippen LogP contribution in [0.4, 0.5) is 0 Å². The van der Waals surface area contributed by atoms with E-state index in [-0.39, 0.29) is 10.8 Å². The van der Waals surface area contributed by atoms with E-state index < -0.39 is 0 Å². The summed E-state index contributed by atoms with van der Waals surface area (Å²) in [5.74, 6) is 13.6. The Balaban J connectivity index is 0.000000499.